The highest BCUT2D eigenvalue weighted by Crippen LogP contribution is 2.25. The first-order valence-corrected chi connectivity index (χ1v) is 7.88. The number of nitrogens with one attached hydrogen (secondary N) is 1. The number of rotatable bonds is 2. The summed E-state index contributed by atoms with van der Waals surface area (Å²) in [6, 6.07) is 5.38. The predicted octanol–water partition coefficient (Wildman–Crippen LogP) is 3.54. The number of thiophene rings is 1. The summed E-state index contributed by atoms with van der Waals surface area (Å²) in [6.07, 6.45) is 4.98. The van der Waals surface area contributed by atoms with E-state index in [-0.39, 0.29) is 11.2 Å². The van der Waals surface area contributed by atoms with Crippen molar-refractivity contribution >= 4 is 55.8 Å². The monoisotopic (exact) mass is 341 g/mol. The fourth-order valence-corrected chi connectivity index (χ4v) is 3.16. The number of aromatic nitrogens is 4. The fourth-order valence-electron chi connectivity index (χ4n) is 2.19. The van der Waals surface area contributed by atoms with Crippen LogP contribution < -0.4 is 5.32 Å². The average molecular weight is 342 g/mol. The Balaban J connectivity index is 1.69. The third kappa shape index (κ3) is 2.60. The van der Waals surface area contributed by atoms with Crippen LogP contribution in [0.15, 0.2) is 42.2 Å². The molecule has 0 radical (unpaired) electrons. The van der Waals surface area contributed by atoms with Gasteiger partial charge in [0.1, 0.15) is 5.82 Å². The summed E-state index contributed by atoms with van der Waals surface area (Å²) in [6.45, 7) is 0. The van der Waals surface area contributed by atoms with Gasteiger partial charge in [-0.25, -0.2) is 15.0 Å². The van der Waals surface area contributed by atoms with Crippen LogP contribution in [0, 0.1) is 0 Å². The number of fused-ring (bicyclic) bond motifs is 2. The van der Waals surface area contributed by atoms with E-state index < -0.39 is 0 Å². The molecule has 0 saturated heterocycles. The zero-order valence-corrected chi connectivity index (χ0v) is 13.1. The van der Waals surface area contributed by atoms with E-state index in [9.17, 15) is 4.79 Å². The van der Waals surface area contributed by atoms with Crippen molar-refractivity contribution in [3.05, 3.63) is 53.0 Å². The highest BCUT2D eigenvalue weighted by atomic mass is 35.5. The highest BCUT2D eigenvalue weighted by molar-refractivity contribution is 7.17. The maximum absolute atomic E-state index is 12.5. The Morgan fingerprint density at radius 3 is 3.00 bits per heavy atom. The van der Waals surface area contributed by atoms with Gasteiger partial charge in [0.05, 0.1) is 21.3 Å². The Labute approximate surface area is 139 Å². The first-order chi connectivity index (χ1) is 11.2. The van der Waals surface area contributed by atoms with E-state index >= 15 is 0 Å². The van der Waals surface area contributed by atoms with Crippen molar-refractivity contribution in [2.45, 2.75) is 0 Å². The molecule has 8 heteroatoms. The van der Waals surface area contributed by atoms with Crippen LogP contribution in [0.4, 0.5) is 5.82 Å². The summed E-state index contributed by atoms with van der Waals surface area (Å²) in [7, 11) is 0. The van der Waals surface area contributed by atoms with Gasteiger partial charge in [-0.2, -0.15) is 0 Å². The number of nitrogens with zero attached hydrogens (tertiary/aromatic N) is 4. The van der Waals surface area contributed by atoms with Crippen LogP contribution in [0.3, 0.4) is 0 Å². The molecule has 0 unspecified atom stereocenters. The molecule has 0 bridgehead atoms. The maximum atomic E-state index is 12.5. The van der Waals surface area contributed by atoms with Gasteiger partial charge in [-0.1, -0.05) is 0 Å². The van der Waals surface area contributed by atoms with Gasteiger partial charge in [0.15, 0.2) is 0 Å². The molecule has 0 aromatic carbocycles. The second-order valence-electron chi connectivity index (χ2n) is 4.72. The molecule has 6 nitrogen and oxygen atoms in total. The molecular formula is C15H8ClN5OS. The highest BCUT2D eigenvalue weighted by Gasteiger charge is 2.15. The van der Waals surface area contributed by atoms with Gasteiger partial charge in [0.25, 0.3) is 5.91 Å². The van der Waals surface area contributed by atoms with Crippen LogP contribution >= 0.6 is 22.9 Å². The zero-order valence-electron chi connectivity index (χ0n) is 11.5. The Morgan fingerprint density at radius 1 is 1.17 bits per heavy atom. The van der Waals surface area contributed by atoms with Crippen molar-refractivity contribution in [2.24, 2.45) is 0 Å². The summed E-state index contributed by atoms with van der Waals surface area (Å²) < 4.78 is 0.803. The molecule has 4 rings (SSSR count). The molecule has 0 fully saturated rings. The lowest BCUT2D eigenvalue weighted by Crippen LogP contribution is -2.12. The van der Waals surface area contributed by atoms with E-state index in [1.807, 2.05) is 6.07 Å². The van der Waals surface area contributed by atoms with Crippen molar-refractivity contribution in [2.75, 3.05) is 5.32 Å². The van der Waals surface area contributed by atoms with E-state index in [2.05, 4.69) is 25.3 Å². The molecule has 0 atom stereocenters. The van der Waals surface area contributed by atoms with Crippen molar-refractivity contribution in [1.29, 1.82) is 0 Å². The Hall–Kier alpha value is -2.64. The molecule has 0 aliphatic rings. The Kier molecular flexibility index (Phi) is 3.36. The van der Waals surface area contributed by atoms with E-state index in [1.54, 1.807) is 36.1 Å². The number of halogens is 1. The lowest BCUT2D eigenvalue weighted by Gasteiger charge is -2.04. The molecule has 1 N–H and O–H groups in total. The van der Waals surface area contributed by atoms with Crippen LogP contribution in [0.25, 0.3) is 21.1 Å². The Morgan fingerprint density at radius 2 is 2.09 bits per heavy atom. The van der Waals surface area contributed by atoms with Crippen LogP contribution in [0.1, 0.15) is 10.4 Å². The van der Waals surface area contributed by atoms with Gasteiger partial charge < -0.3 is 5.32 Å². The molecule has 1 amide bonds. The van der Waals surface area contributed by atoms with Gasteiger partial charge in [-0.15, -0.1) is 11.3 Å². The van der Waals surface area contributed by atoms with Crippen LogP contribution in [0.2, 0.25) is 5.28 Å². The standard InChI is InChI=1S/C15H8ClN5OS/c16-15-18-6-11-13(21-15)9(7-23-11)14(22)20-12-2-1-8-5-17-4-3-10(8)19-12/h1-7H,(H,19,20,22). The van der Waals surface area contributed by atoms with Gasteiger partial charge in [0, 0.05) is 29.4 Å². The fraction of sp³-hybridized carbons (Fsp3) is 0. The number of amides is 1. The lowest BCUT2D eigenvalue weighted by atomic mass is 10.2. The van der Waals surface area contributed by atoms with Crippen molar-refractivity contribution in [1.82, 2.24) is 19.9 Å². The third-order valence-corrected chi connectivity index (χ3v) is 4.35. The number of carbonyl (C=O) groups is 1. The van der Waals surface area contributed by atoms with Crippen molar-refractivity contribution in [3.8, 4) is 0 Å². The third-order valence-electron chi connectivity index (χ3n) is 3.26. The van der Waals surface area contributed by atoms with Crippen molar-refractivity contribution in [3.63, 3.8) is 0 Å². The second-order valence-corrected chi connectivity index (χ2v) is 5.97. The normalized spacial score (nSPS) is 11.0. The SMILES string of the molecule is O=C(Nc1ccc2cnccc2n1)c1csc2cnc(Cl)nc12. The number of carbonyl (C=O) groups excluding carboxylic acids is 1. The minimum atomic E-state index is -0.285. The largest absolute Gasteiger partial charge is 0.306 e. The first-order valence-electron chi connectivity index (χ1n) is 6.62. The summed E-state index contributed by atoms with van der Waals surface area (Å²) in [5.74, 6) is 0.181. The molecule has 112 valence electrons. The smallest absolute Gasteiger partial charge is 0.259 e. The van der Waals surface area contributed by atoms with Crippen LogP contribution in [-0.4, -0.2) is 25.8 Å². The average Bonchev–Trinajstić information content (AvgIpc) is 2.98. The second kappa shape index (κ2) is 5.53. The molecular weight excluding hydrogens is 334 g/mol. The lowest BCUT2D eigenvalue weighted by molar-refractivity contribution is 0.102. The van der Waals surface area contributed by atoms with Gasteiger partial charge in [0.2, 0.25) is 5.28 Å². The number of pyridine rings is 2. The summed E-state index contributed by atoms with van der Waals surface area (Å²) in [4.78, 5) is 28.9. The number of hydrogen-bond acceptors (Lipinski definition) is 6. The van der Waals surface area contributed by atoms with E-state index in [0.717, 1.165) is 15.6 Å². The van der Waals surface area contributed by atoms with Gasteiger partial charge in [-0.05, 0) is 29.8 Å². The molecule has 4 aromatic heterocycles. The van der Waals surface area contributed by atoms with Crippen LogP contribution in [0.5, 0.6) is 0 Å². The number of hydrogen-bond donors (Lipinski definition) is 1. The quantitative estimate of drug-likeness (QED) is 0.564. The molecule has 0 spiro atoms. The molecule has 0 saturated carbocycles. The molecule has 4 aromatic rings. The van der Waals surface area contributed by atoms with E-state index in [1.165, 1.54) is 11.3 Å². The topological polar surface area (TPSA) is 80.7 Å². The van der Waals surface area contributed by atoms with Crippen molar-refractivity contribution < 1.29 is 4.79 Å². The molecule has 23 heavy (non-hydrogen) atoms. The first kappa shape index (κ1) is 14.0. The molecule has 4 heterocycles. The molecule has 0 aliphatic heterocycles. The van der Waals surface area contributed by atoms with Crippen LogP contribution in [-0.2, 0) is 0 Å². The van der Waals surface area contributed by atoms with E-state index in [4.69, 9.17) is 11.6 Å². The predicted molar refractivity (Wildman–Crippen MR) is 89.9 cm³/mol. The maximum Gasteiger partial charge on any atom is 0.259 e. The van der Waals surface area contributed by atoms with Gasteiger partial charge >= 0.3 is 0 Å². The minimum absolute atomic E-state index is 0.112. The zero-order chi connectivity index (χ0) is 15.8. The van der Waals surface area contributed by atoms with Gasteiger partial charge in [-0.3, -0.25) is 9.78 Å². The summed E-state index contributed by atoms with van der Waals surface area (Å²) in [5, 5.41) is 5.53. The minimum Gasteiger partial charge on any atom is -0.306 e. The summed E-state index contributed by atoms with van der Waals surface area (Å²) in [5.41, 5.74) is 1.75. The number of anilines is 1. The Bertz CT molecular complexity index is 1050. The summed E-state index contributed by atoms with van der Waals surface area (Å²) >= 11 is 7.20. The molecule has 0 aliphatic carbocycles. The van der Waals surface area contributed by atoms with E-state index in [0.29, 0.717) is 16.9 Å².